The van der Waals surface area contributed by atoms with Crippen molar-refractivity contribution in [3.63, 3.8) is 0 Å². The standard InChI is InChI=1S/C13H9ClF2N2/c1-2-8-6-17-7-12(13(8)16)18-11-4-3-9(14)5-10(11)15/h2-7,18H,1H2. The molecule has 0 amide bonds. The van der Waals surface area contributed by atoms with Crippen LogP contribution in [0.25, 0.3) is 6.08 Å². The maximum absolute atomic E-state index is 13.8. The minimum atomic E-state index is -0.564. The van der Waals surface area contributed by atoms with Gasteiger partial charge in [0.25, 0.3) is 0 Å². The molecule has 0 bridgehead atoms. The van der Waals surface area contributed by atoms with Gasteiger partial charge in [-0.15, -0.1) is 0 Å². The van der Waals surface area contributed by atoms with E-state index >= 15 is 0 Å². The van der Waals surface area contributed by atoms with Gasteiger partial charge in [0.1, 0.15) is 5.82 Å². The Hall–Kier alpha value is -1.94. The molecule has 0 saturated carbocycles. The Bertz CT molecular complexity index is 600. The molecule has 2 nitrogen and oxygen atoms in total. The highest BCUT2D eigenvalue weighted by Gasteiger charge is 2.09. The molecule has 0 spiro atoms. The Labute approximate surface area is 108 Å². The zero-order valence-corrected chi connectivity index (χ0v) is 10.0. The first-order valence-electron chi connectivity index (χ1n) is 5.10. The van der Waals surface area contributed by atoms with Crippen molar-refractivity contribution >= 4 is 29.1 Å². The monoisotopic (exact) mass is 266 g/mol. The first kappa shape index (κ1) is 12.5. The topological polar surface area (TPSA) is 24.9 Å². The Morgan fingerprint density at radius 3 is 2.67 bits per heavy atom. The van der Waals surface area contributed by atoms with Crippen LogP contribution in [0.4, 0.5) is 20.2 Å². The number of hydrogen-bond donors (Lipinski definition) is 1. The van der Waals surface area contributed by atoms with E-state index in [1.54, 1.807) is 0 Å². The average molecular weight is 267 g/mol. The average Bonchev–Trinajstić information content (AvgIpc) is 2.35. The molecule has 0 aliphatic heterocycles. The van der Waals surface area contributed by atoms with Crippen LogP contribution in [0.2, 0.25) is 5.02 Å². The Kier molecular flexibility index (Phi) is 3.58. The maximum atomic E-state index is 13.8. The zero-order valence-electron chi connectivity index (χ0n) is 9.25. The summed E-state index contributed by atoms with van der Waals surface area (Å²) >= 11 is 5.63. The van der Waals surface area contributed by atoms with Gasteiger partial charge in [0.15, 0.2) is 5.82 Å². The molecule has 1 heterocycles. The lowest BCUT2D eigenvalue weighted by Gasteiger charge is -2.09. The molecule has 0 aliphatic rings. The van der Waals surface area contributed by atoms with E-state index in [9.17, 15) is 8.78 Å². The number of nitrogens with zero attached hydrogens (tertiary/aromatic N) is 1. The van der Waals surface area contributed by atoms with Gasteiger partial charge in [-0.1, -0.05) is 24.3 Å². The molecule has 2 aromatic rings. The van der Waals surface area contributed by atoms with Crippen molar-refractivity contribution in [2.45, 2.75) is 0 Å². The van der Waals surface area contributed by atoms with E-state index in [0.29, 0.717) is 0 Å². The lowest BCUT2D eigenvalue weighted by atomic mass is 10.2. The van der Waals surface area contributed by atoms with Crippen LogP contribution < -0.4 is 5.32 Å². The molecule has 1 aromatic heterocycles. The molecule has 1 N–H and O–H groups in total. The van der Waals surface area contributed by atoms with E-state index in [2.05, 4.69) is 16.9 Å². The summed E-state index contributed by atoms with van der Waals surface area (Å²) in [6.07, 6.45) is 3.95. The van der Waals surface area contributed by atoms with Crippen molar-refractivity contribution in [1.82, 2.24) is 4.98 Å². The Balaban J connectivity index is 2.37. The van der Waals surface area contributed by atoms with Crippen molar-refractivity contribution in [2.24, 2.45) is 0 Å². The molecule has 0 radical (unpaired) electrons. The third-order valence-electron chi connectivity index (χ3n) is 2.33. The maximum Gasteiger partial charge on any atom is 0.156 e. The van der Waals surface area contributed by atoms with Gasteiger partial charge < -0.3 is 5.32 Å². The minimum Gasteiger partial charge on any atom is -0.349 e. The second kappa shape index (κ2) is 5.14. The molecule has 0 atom stereocenters. The summed E-state index contributed by atoms with van der Waals surface area (Å²) in [6.45, 7) is 3.47. The highest BCUT2D eigenvalue weighted by molar-refractivity contribution is 6.30. The van der Waals surface area contributed by atoms with Gasteiger partial charge in [-0.2, -0.15) is 0 Å². The molecular weight excluding hydrogens is 258 g/mol. The quantitative estimate of drug-likeness (QED) is 0.891. The van der Waals surface area contributed by atoms with Gasteiger partial charge in [-0.3, -0.25) is 4.98 Å². The molecule has 0 aliphatic carbocycles. The predicted octanol–water partition coefficient (Wildman–Crippen LogP) is 4.40. The molecule has 0 saturated heterocycles. The minimum absolute atomic E-state index is 0.0774. The number of nitrogens with one attached hydrogen (secondary N) is 1. The van der Waals surface area contributed by atoms with Crippen molar-refractivity contribution < 1.29 is 8.78 Å². The lowest BCUT2D eigenvalue weighted by Crippen LogP contribution is -1.99. The Morgan fingerprint density at radius 2 is 2.00 bits per heavy atom. The largest absolute Gasteiger partial charge is 0.349 e. The van der Waals surface area contributed by atoms with E-state index in [1.165, 1.54) is 30.6 Å². The SMILES string of the molecule is C=Cc1cncc(Nc2ccc(Cl)cc2F)c1F. The van der Waals surface area contributed by atoms with E-state index in [0.717, 1.165) is 6.07 Å². The first-order chi connectivity index (χ1) is 8.61. The van der Waals surface area contributed by atoms with Crippen molar-refractivity contribution in [2.75, 3.05) is 5.32 Å². The van der Waals surface area contributed by atoms with Crippen LogP contribution in [-0.2, 0) is 0 Å². The number of pyridine rings is 1. The first-order valence-corrected chi connectivity index (χ1v) is 5.47. The number of benzene rings is 1. The highest BCUT2D eigenvalue weighted by Crippen LogP contribution is 2.25. The number of hydrogen-bond acceptors (Lipinski definition) is 2. The molecule has 0 fully saturated rings. The van der Waals surface area contributed by atoms with Gasteiger partial charge in [-0.25, -0.2) is 8.78 Å². The molecule has 2 rings (SSSR count). The summed E-state index contributed by atoms with van der Waals surface area (Å²) in [5.74, 6) is -1.10. The second-order valence-electron chi connectivity index (χ2n) is 3.54. The van der Waals surface area contributed by atoms with Crippen LogP contribution in [-0.4, -0.2) is 4.98 Å². The van der Waals surface area contributed by atoms with Gasteiger partial charge >= 0.3 is 0 Å². The summed E-state index contributed by atoms with van der Waals surface area (Å²) in [5, 5.41) is 2.90. The zero-order chi connectivity index (χ0) is 13.1. The third-order valence-corrected chi connectivity index (χ3v) is 2.56. The van der Waals surface area contributed by atoms with Crippen LogP contribution in [0, 0.1) is 11.6 Å². The number of aromatic nitrogens is 1. The summed E-state index contributed by atoms with van der Waals surface area (Å²) in [7, 11) is 0. The van der Waals surface area contributed by atoms with Crippen LogP contribution >= 0.6 is 11.6 Å². The van der Waals surface area contributed by atoms with Crippen molar-refractivity contribution in [1.29, 1.82) is 0 Å². The smallest absolute Gasteiger partial charge is 0.156 e. The summed E-state index contributed by atoms with van der Waals surface area (Å²) in [6, 6.07) is 4.08. The van der Waals surface area contributed by atoms with Crippen LogP contribution in [0.1, 0.15) is 5.56 Å². The van der Waals surface area contributed by atoms with E-state index in [1.807, 2.05) is 0 Å². The van der Waals surface area contributed by atoms with Crippen molar-refractivity contribution in [3.8, 4) is 0 Å². The summed E-state index contributed by atoms with van der Waals surface area (Å²) in [5.41, 5.74) is 0.448. The predicted molar refractivity (Wildman–Crippen MR) is 69.0 cm³/mol. The molecule has 5 heteroatoms. The number of rotatable bonds is 3. The normalized spacial score (nSPS) is 10.2. The fraction of sp³-hybridized carbons (Fsp3) is 0. The fourth-order valence-corrected chi connectivity index (χ4v) is 1.59. The van der Waals surface area contributed by atoms with Gasteiger partial charge in [-0.05, 0) is 18.2 Å². The number of anilines is 2. The summed E-state index contributed by atoms with van der Waals surface area (Å²) < 4.78 is 27.4. The van der Waals surface area contributed by atoms with Gasteiger partial charge in [0, 0.05) is 16.8 Å². The lowest BCUT2D eigenvalue weighted by molar-refractivity contribution is 0.622. The number of halogens is 3. The third kappa shape index (κ3) is 2.49. The van der Waals surface area contributed by atoms with Gasteiger partial charge in [0.2, 0.25) is 0 Å². The molecule has 92 valence electrons. The Morgan fingerprint density at radius 1 is 1.22 bits per heavy atom. The van der Waals surface area contributed by atoms with Crippen LogP contribution in [0.5, 0.6) is 0 Å². The summed E-state index contributed by atoms with van der Waals surface area (Å²) in [4.78, 5) is 3.84. The van der Waals surface area contributed by atoms with E-state index < -0.39 is 11.6 Å². The van der Waals surface area contributed by atoms with Crippen LogP contribution in [0.3, 0.4) is 0 Å². The molecule has 0 unspecified atom stereocenters. The van der Waals surface area contributed by atoms with E-state index in [4.69, 9.17) is 11.6 Å². The van der Waals surface area contributed by atoms with Gasteiger partial charge in [0.05, 0.1) is 17.6 Å². The molecular formula is C13H9ClF2N2. The van der Waals surface area contributed by atoms with Crippen LogP contribution in [0.15, 0.2) is 37.2 Å². The molecule has 1 aromatic carbocycles. The molecule has 18 heavy (non-hydrogen) atoms. The van der Waals surface area contributed by atoms with E-state index in [-0.39, 0.29) is 22.0 Å². The second-order valence-corrected chi connectivity index (χ2v) is 3.98. The highest BCUT2D eigenvalue weighted by atomic mass is 35.5. The van der Waals surface area contributed by atoms with Crippen molar-refractivity contribution in [3.05, 3.63) is 59.4 Å². The fourth-order valence-electron chi connectivity index (χ4n) is 1.43.